The van der Waals surface area contributed by atoms with Gasteiger partial charge in [-0.3, -0.25) is 9.52 Å². The average molecular weight is 483 g/mol. The first-order valence-corrected chi connectivity index (χ1v) is 12.3. The molecule has 0 atom stereocenters. The second-order valence-electron chi connectivity index (χ2n) is 7.21. The number of amides is 1. The maximum atomic E-state index is 13.1. The van der Waals surface area contributed by atoms with Gasteiger partial charge < -0.3 is 14.8 Å². The number of sulfonamides is 1. The van der Waals surface area contributed by atoms with Gasteiger partial charge in [0.15, 0.2) is 0 Å². The molecular weight excluding hydrogens is 460 g/mol. The maximum absolute atomic E-state index is 13.1. The smallest absolute Gasteiger partial charge is 0.266 e. The molecular formula is C24H22N2O5S2. The largest absolute Gasteiger partial charge is 0.497 e. The lowest BCUT2D eigenvalue weighted by atomic mass is 10.1. The van der Waals surface area contributed by atoms with Crippen molar-refractivity contribution in [1.82, 2.24) is 0 Å². The Hall–Kier alpha value is -3.56. The molecule has 0 radical (unpaired) electrons. The van der Waals surface area contributed by atoms with Crippen molar-refractivity contribution in [3.63, 3.8) is 0 Å². The molecule has 0 aliphatic heterocycles. The van der Waals surface area contributed by atoms with Gasteiger partial charge in [0.2, 0.25) is 0 Å². The van der Waals surface area contributed by atoms with Crippen LogP contribution < -0.4 is 19.5 Å². The predicted octanol–water partition coefficient (Wildman–Crippen LogP) is 5.28. The third-order valence-electron chi connectivity index (χ3n) is 5.10. The summed E-state index contributed by atoms with van der Waals surface area (Å²) in [5, 5.41) is 3.83. The Kier molecular flexibility index (Phi) is 6.26. The minimum Gasteiger partial charge on any atom is -0.497 e. The summed E-state index contributed by atoms with van der Waals surface area (Å²) in [6, 6.07) is 18.8. The minimum atomic E-state index is -3.99. The monoisotopic (exact) mass is 482 g/mol. The van der Waals surface area contributed by atoms with Gasteiger partial charge in [-0.1, -0.05) is 18.2 Å². The molecule has 9 heteroatoms. The molecule has 0 aliphatic carbocycles. The van der Waals surface area contributed by atoms with Crippen LogP contribution in [0.3, 0.4) is 0 Å². The number of thiophene rings is 1. The van der Waals surface area contributed by atoms with Crippen LogP contribution in [0.4, 0.5) is 11.4 Å². The second-order valence-corrected chi connectivity index (χ2v) is 9.91. The van der Waals surface area contributed by atoms with Crippen molar-refractivity contribution in [1.29, 1.82) is 0 Å². The Bertz CT molecular complexity index is 1430. The number of nitrogens with one attached hydrogen (secondary N) is 2. The highest BCUT2D eigenvalue weighted by Crippen LogP contribution is 2.33. The molecule has 1 amide bonds. The van der Waals surface area contributed by atoms with E-state index < -0.39 is 10.0 Å². The lowest BCUT2D eigenvalue weighted by Crippen LogP contribution is -2.16. The van der Waals surface area contributed by atoms with Crippen LogP contribution in [-0.2, 0) is 10.0 Å². The number of carbonyl (C=O) groups excluding carboxylic acids is 1. The summed E-state index contributed by atoms with van der Waals surface area (Å²) in [6.45, 7) is 1.90. The zero-order valence-corrected chi connectivity index (χ0v) is 19.8. The fraction of sp³-hybridized carbons (Fsp3) is 0.125. The number of ether oxygens (including phenoxy) is 2. The Morgan fingerprint density at radius 1 is 0.909 bits per heavy atom. The van der Waals surface area contributed by atoms with Crippen LogP contribution in [0.1, 0.15) is 15.2 Å². The Morgan fingerprint density at radius 2 is 1.61 bits per heavy atom. The van der Waals surface area contributed by atoms with Gasteiger partial charge in [-0.15, -0.1) is 11.3 Å². The first-order chi connectivity index (χ1) is 15.8. The molecule has 0 aliphatic rings. The minimum absolute atomic E-state index is 0.0910. The first-order valence-electron chi connectivity index (χ1n) is 9.97. The van der Waals surface area contributed by atoms with E-state index in [-0.39, 0.29) is 16.6 Å². The van der Waals surface area contributed by atoms with E-state index >= 15 is 0 Å². The van der Waals surface area contributed by atoms with Gasteiger partial charge >= 0.3 is 0 Å². The van der Waals surface area contributed by atoms with Crippen molar-refractivity contribution in [2.24, 2.45) is 0 Å². The molecule has 4 aromatic rings. The molecule has 0 bridgehead atoms. The number of hydrogen-bond donors (Lipinski definition) is 2. The van der Waals surface area contributed by atoms with Gasteiger partial charge in [0.1, 0.15) is 16.4 Å². The maximum Gasteiger partial charge on any atom is 0.266 e. The number of methoxy groups -OCH3 is 2. The Balaban J connectivity index is 1.62. The van der Waals surface area contributed by atoms with Gasteiger partial charge in [-0.2, -0.15) is 0 Å². The lowest BCUT2D eigenvalue weighted by molar-refractivity contribution is 0.103. The molecule has 2 N–H and O–H groups in total. The van der Waals surface area contributed by atoms with E-state index in [1.807, 2.05) is 31.2 Å². The molecule has 0 saturated carbocycles. The van der Waals surface area contributed by atoms with Crippen LogP contribution >= 0.6 is 11.3 Å². The van der Waals surface area contributed by atoms with Gasteiger partial charge in [-0.25, -0.2) is 8.42 Å². The van der Waals surface area contributed by atoms with E-state index in [9.17, 15) is 13.2 Å². The quantitative estimate of drug-likeness (QED) is 0.374. The summed E-state index contributed by atoms with van der Waals surface area (Å²) < 4.78 is 40.1. The fourth-order valence-electron chi connectivity index (χ4n) is 3.41. The van der Waals surface area contributed by atoms with Crippen LogP contribution in [0.5, 0.6) is 11.5 Å². The highest BCUT2D eigenvalue weighted by atomic mass is 32.2. The van der Waals surface area contributed by atoms with E-state index in [4.69, 9.17) is 9.47 Å². The van der Waals surface area contributed by atoms with Gasteiger partial charge in [-0.05, 0) is 66.4 Å². The molecule has 0 saturated heterocycles. The zero-order valence-electron chi connectivity index (χ0n) is 18.2. The van der Waals surface area contributed by atoms with Crippen molar-refractivity contribution in [2.75, 3.05) is 24.3 Å². The van der Waals surface area contributed by atoms with E-state index in [1.165, 1.54) is 37.7 Å². The molecule has 1 aromatic heterocycles. The molecule has 0 fully saturated rings. The SMILES string of the molecule is COc1ccc(NS(=O)(=O)c2cc(NC(=O)c3sc4ccccc4c3C)ccc2OC)cc1. The molecule has 3 aromatic carbocycles. The van der Waals surface area contributed by atoms with Crippen LogP contribution in [0.15, 0.2) is 71.6 Å². The summed E-state index contributed by atoms with van der Waals surface area (Å²) in [7, 11) is -1.07. The predicted molar refractivity (Wildman–Crippen MR) is 131 cm³/mol. The molecule has 0 spiro atoms. The van der Waals surface area contributed by atoms with Crippen LogP contribution in [-0.4, -0.2) is 28.5 Å². The van der Waals surface area contributed by atoms with Gasteiger partial charge in [0.05, 0.1) is 19.1 Å². The highest BCUT2D eigenvalue weighted by molar-refractivity contribution is 7.92. The summed E-state index contributed by atoms with van der Waals surface area (Å²) in [6.07, 6.45) is 0. The summed E-state index contributed by atoms with van der Waals surface area (Å²) in [4.78, 5) is 13.4. The molecule has 170 valence electrons. The Morgan fingerprint density at radius 3 is 2.27 bits per heavy atom. The number of aryl methyl sites for hydroxylation is 1. The molecule has 4 rings (SSSR count). The second kappa shape index (κ2) is 9.13. The van der Waals surface area contributed by atoms with E-state index in [2.05, 4.69) is 10.0 Å². The van der Waals surface area contributed by atoms with Gasteiger partial charge in [0, 0.05) is 16.1 Å². The molecule has 7 nitrogen and oxygen atoms in total. The topological polar surface area (TPSA) is 93.7 Å². The number of benzene rings is 3. The molecule has 1 heterocycles. The first kappa shape index (κ1) is 22.6. The van der Waals surface area contributed by atoms with Crippen molar-refractivity contribution < 1.29 is 22.7 Å². The standard InChI is InChI=1S/C24H22N2O5S2/c1-15-19-6-4-5-7-21(19)32-23(15)24(27)25-17-10-13-20(31-3)22(14-17)33(28,29)26-16-8-11-18(30-2)12-9-16/h4-14,26H,1-3H3,(H,25,27). The number of rotatable bonds is 7. The fourth-order valence-corrected chi connectivity index (χ4v) is 5.77. The van der Waals surface area contributed by atoms with E-state index in [0.717, 1.165) is 15.6 Å². The normalized spacial score (nSPS) is 11.2. The molecule has 33 heavy (non-hydrogen) atoms. The number of anilines is 2. The van der Waals surface area contributed by atoms with Crippen LogP contribution in [0.25, 0.3) is 10.1 Å². The zero-order chi connectivity index (χ0) is 23.6. The Labute approximate surface area is 196 Å². The third kappa shape index (κ3) is 4.64. The van der Waals surface area contributed by atoms with Crippen molar-refractivity contribution >= 4 is 48.7 Å². The summed E-state index contributed by atoms with van der Waals surface area (Å²) >= 11 is 1.40. The van der Waals surface area contributed by atoms with E-state index in [1.54, 1.807) is 30.3 Å². The number of fused-ring (bicyclic) bond motifs is 1. The van der Waals surface area contributed by atoms with Gasteiger partial charge in [0.25, 0.3) is 15.9 Å². The summed E-state index contributed by atoms with van der Waals surface area (Å²) in [5.74, 6) is 0.467. The van der Waals surface area contributed by atoms with Crippen molar-refractivity contribution in [2.45, 2.75) is 11.8 Å². The number of carbonyl (C=O) groups is 1. The van der Waals surface area contributed by atoms with E-state index in [0.29, 0.717) is 22.0 Å². The average Bonchev–Trinajstić information content (AvgIpc) is 3.16. The number of hydrogen-bond acceptors (Lipinski definition) is 6. The highest BCUT2D eigenvalue weighted by Gasteiger charge is 2.22. The third-order valence-corrected chi connectivity index (χ3v) is 7.78. The van der Waals surface area contributed by atoms with Crippen molar-refractivity contribution in [3.8, 4) is 11.5 Å². The summed E-state index contributed by atoms with van der Waals surface area (Å²) in [5.41, 5.74) is 1.59. The van der Waals surface area contributed by atoms with Crippen molar-refractivity contribution in [3.05, 3.63) is 77.2 Å². The lowest BCUT2D eigenvalue weighted by Gasteiger charge is -2.14. The van der Waals surface area contributed by atoms with Crippen LogP contribution in [0, 0.1) is 6.92 Å². The van der Waals surface area contributed by atoms with Crippen LogP contribution in [0.2, 0.25) is 0 Å². The molecule has 0 unspecified atom stereocenters.